The molecule has 2 atom stereocenters. The maximum Gasteiger partial charge on any atom is 0.407 e. The lowest BCUT2D eigenvalue weighted by Gasteiger charge is -2.34. The van der Waals surface area contributed by atoms with Crippen LogP contribution in [0.25, 0.3) is 5.57 Å². The molecule has 1 aromatic carbocycles. The minimum absolute atomic E-state index is 0.0621. The summed E-state index contributed by atoms with van der Waals surface area (Å²) in [5.41, 5.74) is 3.26. The number of carbonyl (C=O) groups excluding carboxylic acids is 2. The SMILES string of the molecule is COC(=O)N[C@H](C(=O)N1CSC(C)(C)[C@H]1C1=NC=C(c2ccc(Br)cc2)C1)C(C)C. The van der Waals surface area contributed by atoms with Crippen molar-refractivity contribution < 1.29 is 14.3 Å². The lowest BCUT2D eigenvalue weighted by Crippen LogP contribution is -2.56. The summed E-state index contributed by atoms with van der Waals surface area (Å²) in [6.45, 7) is 8.13. The zero-order chi connectivity index (χ0) is 22.1. The summed E-state index contributed by atoms with van der Waals surface area (Å²) in [5, 5.41) is 2.70. The van der Waals surface area contributed by atoms with Gasteiger partial charge in [-0.05, 0) is 43.0 Å². The molecule has 1 N–H and O–H groups in total. The van der Waals surface area contributed by atoms with E-state index in [2.05, 4.69) is 47.2 Å². The number of rotatable bonds is 5. The largest absolute Gasteiger partial charge is 0.453 e. The average Bonchev–Trinajstić information content (AvgIpc) is 3.29. The van der Waals surface area contributed by atoms with Crippen molar-refractivity contribution in [2.45, 2.75) is 50.9 Å². The Morgan fingerprint density at radius 1 is 1.30 bits per heavy atom. The standard InChI is InChI=1S/C22H28BrN3O3S/c1-13(2)18(25-21(28)29-5)20(27)26-12-30-22(3,4)19(26)17-10-15(11-24-17)14-6-8-16(23)9-7-14/h6-9,11,13,18-19H,10,12H2,1-5H3,(H,25,28)/t18-,19+/m0/s1. The van der Waals surface area contributed by atoms with E-state index in [1.165, 1.54) is 7.11 Å². The lowest BCUT2D eigenvalue weighted by molar-refractivity contribution is -0.134. The van der Waals surface area contributed by atoms with Crippen molar-refractivity contribution in [3.63, 3.8) is 0 Å². The fraction of sp³-hybridized carbons (Fsp3) is 0.500. The second kappa shape index (κ2) is 9.14. The first-order valence-corrected chi connectivity index (χ1v) is 11.7. The topological polar surface area (TPSA) is 71.0 Å². The van der Waals surface area contributed by atoms with Gasteiger partial charge in [0.25, 0.3) is 0 Å². The Labute approximate surface area is 190 Å². The van der Waals surface area contributed by atoms with E-state index in [4.69, 9.17) is 9.73 Å². The Balaban J connectivity index is 1.81. The highest BCUT2D eigenvalue weighted by molar-refractivity contribution is 9.10. The predicted octanol–water partition coefficient (Wildman–Crippen LogP) is 4.70. The number of benzene rings is 1. The molecule has 1 fully saturated rings. The van der Waals surface area contributed by atoms with Crippen molar-refractivity contribution in [1.29, 1.82) is 0 Å². The molecule has 6 nitrogen and oxygen atoms in total. The van der Waals surface area contributed by atoms with Gasteiger partial charge >= 0.3 is 6.09 Å². The molecule has 2 amide bonds. The molecule has 8 heteroatoms. The number of carbonyl (C=O) groups is 2. The van der Waals surface area contributed by atoms with Gasteiger partial charge in [-0.2, -0.15) is 0 Å². The number of thioether (sulfide) groups is 1. The number of alkyl carbamates (subject to hydrolysis) is 1. The number of hydrogen-bond donors (Lipinski definition) is 1. The predicted molar refractivity (Wildman–Crippen MR) is 126 cm³/mol. The summed E-state index contributed by atoms with van der Waals surface area (Å²) in [4.78, 5) is 31.8. The zero-order valence-corrected chi connectivity index (χ0v) is 20.3. The van der Waals surface area contributed by atoms with Crippen molar-refractivity contribution in [3.8, 4) is 0 Å². The Hall–Kier alpha value is -1.80. The number of nitrogens with one attached hydrogen (secondary N) is 1. The molecule has 162 valence electrons. The van der Waals surface area contributed by atoms with Crippen LogP contribution in [0, 0.1) is 5.92 Å². The number of amides is 2. The van der Waals surface area contributed by atoms with Crippen LogP contribution in [0.4, 0.5) is 4.79 Å². The maximum absolute atomic E-state index is 13.4. The van der Waals surface area contributed by atoms with Crippen LogP contribution in [0.15, 0.2) is 39.9 Å². The quantitative estimate of drug-likeness (QED) is 0.645. The molecule has 0 spiro atoms. The Morgan fingerprint density at radius 2 is 1.97 bits per heavy atom. The van der Waals surface area contributed by atoms with Gasteiger partial charge in [0, 0.05) is 27.6 Å². The molecule has 0 aliphatic carbocycles. The summed E-state index contributed by atoms with van der Waals surface area (Å²) in [7, 11) is 1.30. The van der Waals surface area contributed by atoms with E-state index in [9.17, 15) is 9.59 Å². The van der Waals surface area contributed by atoms with Gasteiger partial charge in [-0.1, -0.05) is 41.9 Å². The van der Waals surface area contributed by atoms with Gasteiger partial charge in [-0.25, -0.2) is 4.79 Å². The molecule has 2 aliphatic heterocycles. The summed E-state index contributed by atoms with van der Waals surface area (Å²) in [5.74, 6) is 0.404. The summed E-state index contributed by atoms with van der Waals surface area (Å²) in [6, 6.07) is 7.40. The third-order valence-corrected chi connectivity index (χ3v) is 7.41. The van der Waals surface area contributed by atoms with Gasteiger partial charge in [-0.15, -0.1) is 11.8 Å². The number of hydrogen-bond acceptors (Lipinski definition) is 5. The van der Waals surface area contributed by atoms with Crippen LogP contribution in [-0.4, -0.2) is 52.4 Å². The van der Waals surface area contributed by atoms with E-state index in [-0.39, 0.29) is 22.6 Å². The monoisotopic (exact) mass is 493 g/mol. The molecule has 0 bridgehead atoms. The summed E-state index contributed by atoms with van der Waals surface area (Å²) >= 11 is 5.21. The first-order valence-electron chi connectivity index (χ1n) is 9.94. The number of ether oxygens (including phenoxy) is 1. The second-order valence-corrected chi connectivity index (χ2v) is 10.9. The normalized spacial score (nSPS) is 21.3. The van der Waals surface area contributed by atoms with E-state index in [1.54, 1.807) is 11.8 Å². The molecular weight excluding hydrogens is 466 g/mol. The second-order valence-electron chi connectivity index (χ2n) is 8.40. The molecule has 1 saturated heterocycles. The van der Waals surface area contributed by atoms with Crippen molar-refractivity contribution in [3.05, 3.63) is 40.5 Å². The molecule has 1 aromatic rings. The van der Waals surface area contributed by atoms with E-state index in [0.717, 1.165) is 21.3 Å². The number of allylic oxidation sites excluding steroid dienone is 1. The molecule has 0 saturated carbocycles. The zero-order valence-electron chi connectivity index (χ0n) is 17.9. The van der Waals surface area contributed by atoms with Crippen LogP contribution in [0.5, 0.6) is 0 Å². The van der Waals surface area contributed by atoms with Gasteiger partial charge in [-0.3, -0.25) is 9.79 Å². The van der Waals surface area contributed by atoms with Crippen LogP contribution in [-0.2, 0) is 9.53 Å². The van der Waals surface area contributed by atoms with Crippen LogP contribution in [0.2, 0.25) is 0 Å². The number of nitrogens with zero attached hydrogens (tertiary/aromatic N) is 2. The minimum atomic E-state index is -0.643. The van der Waals surface area contributed by atoms with Crippen LogP contribution in [0.1, 0.15) is 39.7 Å². The lowest BCUT2D eigenvalue weighted by atomic mass is 9.91. The van der Waals surface area contributed by atoms with Crippen molar-refractivity contribution in [2.75, 3.05) is 13.0 Å². The van der Waals surface area contributed by atoms with Gasteiger partial charge < -0.3 is 15.0 Å². The van der Waals surface area contributed by atoms with Gasteiger partial charge in [0.05, 0.1) is 19.0 Å². The van der Waals surface area contributed by atoms with E-state index >= 15 is 0 Å². The fourth-order valence-corrected chi connectivity index (χ4v) is 5.30. The molecule has 0 radical (unpaired) electrons. The minimum Gasteiger partial charge on any atom is -0.453 e. The first kappa shape index (κ1) is 22.9. The first-order chi connectivity index (χ1) is 14.1. The smallest absolute Gasteiger partial charge is 0.407 e. The highest BCUT2D eigenvalue weighted by Crippen LogP contribution is 2.43. The van der Waals surface area contributed by atoms with Crippen LogP contribution in [0.3, 0.4) is 0 Å². The molecule has 30 heavy (non-hydrogen) atoms. The molecule has 2 heterocycles. The average molecular weight is 494 g/mol. The molecule has 3 rings (SSSR count). The van der Waals surface area contributed by atoms with Crippen LogP contribution < -0.4 is 5.32 Å². The maximum atomic E-state index is 13.4. The number of aliphatic imine (C=N–C) groups is 1. The van der Waals surface area contributed by atoms with Gasteiger partial charge in [0.15, 0.2) is 0 Å². The van der Waals surface area contributed by atoms with Gasteiger partial charge in [0.2, 0.25) is 5.91 Å². The molecule has 0 aromatic heterocycles. The molecule has 2 aliphatic rings. The van der Waals surface area contributed by atoms with E-state index < -0.39 is 12.1 Å². The van der Waals surface area contributed by atoms with Crippen LogP contribution >= 0.6 is 27.7 Å². The highest BCUT2D eigenvalue weighted by Gasteiger charge is 2.48. The van der Waals surface area contributed by atoms with Crippen molar-refractivity contribution >= 4 is 51.0 Å². The highest BCUT2D eigenvalue weighted by atomic mass is 79.9. The summed E-state index contributed by atoms with van der Waals surface area (Å²) in [6.07, 6.45) is 2.02. The van der Waals surface area contributed by atoms with Gasteiger partial charge in [0.1, 0.15) is 6.04 Å². The Bertz CT molecular complexity index is 880. The fourth-order valence-electron chi connectivity index (χ4n) is 3.87. The third kappa shape index (κ3) is 4.75. The van der Waals surface area contributed by atoms with E-state index in [1.807, 2.05) is 37.1 Å². The number of halogens is 1. The van der Waals surface area contributed by atoms with Crippen molar-refractivity contribution in [1.82, 2.24) is 10.2 Å². The number of methoxy groups -OCH3 is 1. The Morgan fingerprint density at radius 3 is 2.57 bits per heavy atom. The third-order valence-electron chi connectivity index (χ3n) is 5.51. The Kier molecular flexibility index (Phi) is 6.97. The van der Waals surface area contributed by atoms with Crippen molar-refractivity contribution in [2.24, 2.45) is 10.9 Å². The van der Waals surface area contributed by atoms with E-state index in [0.29, 0.717) is 12.3 Å². The molecular formula is C22H28BrN3O3S. The molecule has 0 unspecified atom stereocenters. The summed E-state index contributed by atoms with van der Waals surface area (Å²) < 4.78 is 5.58.